The number of unbranched alkanes of at least 4 members (excludes halogenated alkanes) is 2. The zero-order chi connectivity index (χ0) is 18.4. The Hall–Kier alpha value is -2.13. The van der Waals surface area contributed by atoms with Gasteiger partial charge in [0.1, 0.15) is 5.82 Å². The molecular weight excluding hydrogens is 342 g/mol. The van der Waals surface area contributed by atoms with Gasteiger partial charge < -0.3 is 4.90 Å². The van der Waals surface area contributed by atoms with Gasteiger partial charge in [-0.15, -0.1) is 0 Å². The highest BCUT2D eigenvalue weighted by molar-refractivity contribution is 6.30. The second-order valence-electron chi connectivity index (χ2n) is 6.59. The number of anilines is 1. The molecular formula is C22H26ClN3. The van der Waals surface area contributed by atoms with Gasteiger partial charge in [-0.2, -0.15) is 0 Å². The third-order valence-electron chi connectivity index (χ3n) is 4.55. The van der Waals surface area contributed by atoms with Gasteiger partial charge in [0.05, 0.1) is 5.52 Å². The Labute approximate surface area is 161 Å². The zero-order valence-electron chi connectivity index (χ0n) is 15.6. The summed E-state index contributed by atoms with van der Waals surface area (Å²) in [4.78, 5) is 12.2. The standard InChI is InChI=1S/C22H26ClN3/c1-3-5-15-26(16-6-4-2)22-19-9-7-8-10-20(19)24-21(25-22)17-11-13-18(23)14-12-17/h7-14H,3-6,15-16H2,1-2H3. The summed E-state index contributed by atoms with van der Waals surface area (Å²) < 4.78 is 0. The van der Waals surface area contributed by atoms with Crippen LogP contribution in [0.4, 0.5) is 5.82 Å². The molecule has 0 spiro atoms. The summed E-state index contributed by atoms with van der Waals surface area (Å²) in [6, 6.07) is 16.0. The molecule has 3 aromatic rings. The molecule has 0 aliphatic carbocycles. The summed E-state index contributed by atoms with van der Waals surface area (Å²) in [5, 5.41) is 1.85. The van der Waals surface area contributed by atoms with Crippen molar-refractivity contribution in [2.24, 2.45) is 0 Å². The second-order valence-corrected chi connectivity index (χ2v) is 7.03. The van der Waals surface area contributed by atoms with Crippen molar-refractivity contribution in [1.82, 2.24) is 9.97 Å². The number of fused-ring (bicyclic) bond motifs is 1. The average molecular weight is 368 g/mol. The van der Waals surface area contributed by atoms with E-state index >= 15 is 0 Å². The molecule has 1 heterocycles. The van der Waals surface area contributed by atoms with E-state index in [1.54, 1.807) is 0 Å². The SMILES string of the molecule is CCCCN(CCCC)c1nc(-c2ccc(Cl)cc2)nc2ccccc12. The minimum atomic E-state index is 0.724. The average Bonchev–Trinajstić information content (AvgIpc) is 2.68. The molecule has 0 atom stereocenters. The van der Waals surface area contributed by atoms with Crippen LogP contribution in [0.15, 0.2) is 48.5 Å². The van der Waals surface area contributed by atoms with Crippen molar-refractivity contribution in [2.45, 2.75) is 39.5 Å². The number of hydrogen-bond acceptors (Lipinski definition) is 3. The van der Waals surface area contributed by atoms with Gasteiger partial charge in [-0.25, -0.2) is 9.97 Å². The van der Waals surface area contributed by atoms with Gasteiger partial charge in [-0.1, -0.05) is 50.4 Å². The van der Waals surface area contributed by atoms with Crippen LogP contribution in [0.2, 0.25) is 5.02 Å². The molecule has 0 saturated carbocycles. The molecule has 1 aromatic heterocycles. The molecule has 4 heteroatoms. The lowest BCUT2D eigenvalue weighted by atomic mass is 10.1. The van der Waals surface area contributed by atoms with E-state index in [4.69, 9.17) is 21.6 Å². The molecule has 3 rings (SSSR count). The van der Waals surface area contributed by atoms with E-state index in [1.165, 1.54) is 25.7 Å². The normalized spacial score (nSPS) is 11.0. The largest absolute Gasteiger partial charge is 0.356 e. The van der Waals surface area contributed by atoms with Crippen LogP contribution >= 0.6 is 11.6 Å². The Kier molecular flexibility index (Phi) is 6.45. The fraction of sp³-hybridized carbons (Fsp3) is 0.364. The first-order valence-electron chi connectivity index (χ1n) is 9.50. The summed E-state index contributed by atoms with van der Waals surface area (Å²) in [7, 11) is 0. The fourth-order valence-corrected chi connectivity index (χ4v) is 3.18. The van der Waals surface area contributed by atoms with Crippen LogP contribution in [-0.4, -0.2) is 23.1 Å². The van der Waals surface area contributed by atoms with Crippen molar-refractivity contribution in [1.29, 1.82) is 0 Å². The van der Waals surface area contributed by atoms with Gasteiger partial charge in [-0.05, 0) is 49.2 Å². The molecule has 0 fully saturated rings. The lowest BCUT2D eigenvalue weighted by molar-refractivity contribution is 0.673. The molecule has 0 aliphatic rings. The molecule has 3 nitrogen and oxygen atoms in total. The Bertz CT molecular complexity index is 838. The van der Waals surface area contributed by atoms with Crippen LogP contribution in [0, 0.1) is 0 Å². The number of halogens is 1. The molecule has 0 unspecified atom stereocenters. The van der Waals surface area contributed by atoms with E-state index in [-0.39, 0.29) is 0 Å². The zero-order valence-corrected chi connectivity index (χ0v) is 16.3. The van der Waals surface area contributed by atoms with Crippen LogP contribution in [0.3, 0.4) is 0 Å². The van der Waals surface area contributed by atoms with Crippen LogP contribution in [-0.2, 0) is 0 Å². The van der Waals surface area contributed by atoms with Crippen LogP contribution in [0.5, 0.6) is 0 Å². The predicted octanol–water partition coefficient (Wildman–Crippen LogP) is 6.36. The van der Waals surface area contributed by atoms with Gasteiger partial charge in [0, 0.05) is 29.1 Å². The summed E-state index contributed by atoms with van der Waals surface area (Å²) in [5.74, 6) is 1.80. The number of rotatable bonds is 8. The Morgan fingerprint density at radius 1 is 0.846 bits per heavy atom. The Morgan fingerprint density at radius 3 is 2.15 bits per heavy atom. The Morgan fingerprint density at radius 2 is 1.50 bits per heavy atom. The van der Waals surface area contributed by atoms with Crippen molar-refractivity contribution in [3.05, 3.63) is 53.6 Å². The highest BCUT2D eigenvalue weighted by Crippen LogP contribution is 2.28. The topological polar surface area (TPSA) is 29.0 Å². The molecule has 0 amide bonds. The predicted molar refractivity (Wildman–Crippen MR) is 112 cm³/mol. The maximum absolute atomic E-state index is 6.04. The third kappa shape index (κ3) is 4.34. The maximum Gasteiger partial charge on any atom is 0.162 e. The molecule has 0 radical (unpaired) electrons. The Balaban J connectivity index is 2.10. The molecule has 0 N–H and O–H groups in total. The van der Waals surface area contributed by atoms with E-state index in [2.05, 4.69) is 36.9 Å². The summed E-state index contributed by atoms with van der Waals surface area (Å²) in [6.07, 6.45) is 4.68. The van der Waals surface area contributed by atoms with E-state index in [0.717, 1.165) is 46.2 Å². The lowest BCUT2D eigenvalue weighted by Gasteiger charge is -2.25. The maximum atomic E-state index is 6.04. The smallest absolute Gasteiger partial charge is 0.162 e. The van der Waals surface area contributed by atoms with Gasteiger partial charge in [0.15, 0.2) is 5.82 Å². The first kappa shape index (κ1) is 18.7. The number of para-hydroxylation sites is 1. The summed E-state index contributed by atoms with van der Waals surface area (Å²) >= 11 is 6.04. The van der Waals surface area contributed by atoms with E-state index in [9.17, 15) is 0 Å². The summed E-state index contributed by atoms with van der Waals surface area (Å²) in [6.45, 7) is 6.51. The number of hydrogen-bond donors (Lipinski definition) is 0. The van der Waals surface area contributed by atoms with Crippen molar-refractivity contribution in [3.63, 3.8) is 0 Å². The van der Waals surface area contributed by atoms with E-state index < -0.39 is 0 Å². The minimum absolute atomic E-state index is 0.724. The quantitative estimate of drug-likeness (QED) is 0.464. The van der Waals surface area contributed by atoms with Crippen LogP contribution in [0.1, 0.15) is 39.5 Å². The van der Waals surface area contributed by atoms with Crippen molar-refractivity contribution >= 4 is 28.3 Å². The van der Waals surface area contributed by atoms with Crippen molar-refractivity contribution in [2.75, 3.05) is 18.0 Å². The van der Waals surface area contributed by atoms with E-state index in [1.807, 2.05) is 30.3 Å². The second kappa shape index (κ2) is 9.00. The highest BCUT2D eigenvalue weighted by Gasteiger charge is 2.15. The van der Waals surface area contributed by atoms with E-state index in [0.29, 0.717) is 0 Å². The van der Waals surface area contributed by atoms with Gasteiger partial charge >= 0.3 is 0 Å². The summed E-state index contributed by atoms with van der Waals surface area (Å²) in [5.41, 5.74) is 1.98. The molecule has 136 valence electrons. The molecule has 0 aliphatic heterocycles. The first-order chi connectivity index (χ1) is 12.7. The molecule has 0 bridgehead atoms. The van der Waals surface area contributed by atoms with Crippen molar-refractivity contribution in [3.8, 4) is 11.4 Å². The fourth-order valence-electron chi connectivity index (χ4n) is 3.05. The molecule has 26 heavy (non-hydrogen) atoms. The van der Waals surface area contributed by atoms with Crippen LogP contribution < -0.4 is 4.90 Å². The van der Waals surface area contributed by atoms with Crippen molar-refractivity contribution < 1.29 is 0 Å². The monoisotopic (exact) mass is 367 g/mol. The van der Waals surface area contributed by atoms with Gasteiger partial charge in [-0.3, -0.25) is 0 Å². The first-order valence-corrected chi connectivity index (χ1v) is 9.88. The van der Waals surface area contributed by atoms with Gasteiger partial charge in [0.25, 0.3) is 0 Å². The number of aromatic nitrogens is 2. The minimum Gasteiger partial charge on any atom is -0.356 e. The molecule has 2 aromatic carbocycles. The lowest BCUT2D eigenvalue weighted by Crippen LogP contribution is -2.27. The number of benzene rings is 2. The van der Waals surface area contributed by atoms with Gasteiger partial charge in [0.2, 0.25) is 0 Å². The number of nitrogens with zero attached hydrogens (tertiary/aromatic N) is 3. The third-order valence-corrected chi connectivity index (χ3v) is 4.80. The highest BCUT2D eigenvalue weighted by atomic mass is 35.5. The molecule has 0 saturated heterocycles. The van der Waals surface area contributed by atoms with Crippen LogP contribution in [0.25, 0.3) is 22.3 Å².